The molecule has 2 aromatic heterocycles. The lowest BCUT2D eigenvalue weighted by molar-refractivity contribution is 0.308. The van der Waals surface area contributed by atoms with Crippen LogP contribution in [0.5, 0.6) is 5.75 Å². The first-order valence-electron chi connectivity index (χ1n) is 6.76. The van der Waals surface area contributed by atoms with Gasteiger partial charge in [0, 0.05) is 17.5 Å². The first-order valence-corrected chi connectivity index (χ1v) is 6.76. The molecule has 0 aliphatic carbocycles. The van der Waals surface area contributed by atoms with E-state index in [0.29, 0.717) is 12.2 Å². The highest BCUT2D eigenvalue weighted by Crippen LogP contribution is 2.22. The molecule has 0 amide bonds. The van der Waals surface area contributed by atoms with Gasteiger partial charge >= 0.3 is 0 Å². The summed E-state index contributed by atoms with van der Waals surface area (Å²) < 4.78 is 7.90. The maximum atomic E-state index is 9.11. The summed E-state index contributed by atoms with van der Waals surface area (Å²) in [7, 11) is 0. The number of aryl methyl sites for hydroxylation is 2. The number of fused-ring (bicyclic) bond motifs is 1. The Morgan fingerprint density at radius 3 is 2.81 bits per heavy atom. The van der Waals surface area contributed by atoms with Crippen molar-refractivity contribution in [2.24, 2.45) is 0 Å². The van der Waals surface area contributed by atoms with Crippen molar-refractivity contribution in [1.29, 1.82) is 5.26 Å². The van der Waals surface area contributed by atoms with Gasteiger partial charge in [-0.25, -0.2) is 4.98 Å². The first-order chi connectivity index (χ1) is 10.2. The zero-order valence-electron chi connectivity index (χ0n) is 12.0. The topological polar surface area (TPSA) is 50.3 Å². The number of ether oxygens (including phenoxy) is 1. The molecule has 0 saturated carbocycles. The van der Waals surface area contributed by atoms with Gasteiger partial charge in [0.15, 0.2) is 11.4 Å². The highest BCUT2D eigenvalue weighted by Gasteiger charge is 2.10. The van der Waals surface area contributed by atoms with Crippen molar-refractivity contribution in [3.63, 3.8) is 0 Å². The van der Waals surface area contributed by atoms with Crippen LogP contribution in [0.4, 0.5) is 0 Å². The van der Waals surface area contributed by atoms with Crippen molar-refractivity contribution in [2.75, 3.05) is 0 Å². The Morgan fingerprint density at radius 2 is 2.00 bits per heavy atom. The summed E-state index contributed by atoms with van der Waals surface area (Å²) in [6.45, 7) is 4.37. The van der Waals surface area contributed by atoms with Gasteiger partial charge in [-0.15, -0.1) is 0 Å². The first kappa shape index (κ1) is 13.2. The minimum absolute atomic E-state index is 0.356. The molecule has 3 rings (SSSR count). The molecule has 4 heteroatoms. The Labute approximate surface area is 123 Å². The third kappa shape index (κ3) is 2.34. The number of hydrogen-bond donors (Lipinski definition) is 0. The molecule has 104 valence electrons. The number of hydrogen-bond acceptors (Lipinski definition) is 3. The van der Waals surface area contributed by atoms with E-state index in [9.17, 15) is 0 Å². The molecule has 0 N–H and O–H groups in total. The Morgan fingerprint density at radius 1 is 1.19 bits per heavy atom. The van der Waals surface area contributed by atoms with Crippen LogP contribution in [-0.2, 0) is 6.61 Å². The third-order valence-electron chi connectivity index (χ3n) is 3.61. The molecule has 0 spiro atoms. The van der Waals surface area contributed by atoms with E-state index < -0.39 is 0 Å². The molecule has 2 heterocycles. The third-order valence-corrected chi connectivity index (χ3v) is 3.61. The fourth-order valence-corrected chi connectivity index (χ4v) is 2.30. The highest BCUT2D eigenvalue weighted by molar-refractivity contribution is 5.56. The fraction of sp³-hybridized carbons (Fsp3) is 0.176. The quantitative estimate of drug-likeness (QED) is 0.737. The SMILES string of the molecule is Cc1nc2c(OCc3ccccc3C#N)cccn2c1C. The van der Waals surface area contributed by atoms with Gasteiger partial charge in [-0.1, -0.05) is 18.2 Å². The summed E-state index contributed by atoms with van der Waals surface area (Å²) >= 11 is 0. The molecule has 0 saturated heterocycles. The van der Waals surface area contributed by atoms with Gasteiger partial charge < -0.3 is 9.14 Å². The molecule has 21 heavy (non-hydrogen) atoms. The average Bonchev–Trinajstić information content (AvgIpc) is 2.81. The van der Waals surface area contributed by atoms with Crippen LogP contribution in [0.2, 0.25) is 0 Å². The second-order valence-electron chi connectivity index (χ2n) is 4.91. The number of pyridine rings is 1. The van der Waals surface area contributed by atoms with Gasteiger partial charge in [0.2, 0.25) is 0 Å². The second-order valence-corrected chi connectivity index (χ2v) is 4.91. The summed E-state index contributed by atoms with van der Waals surface area (Å²) in [5.41, 5.74) is 4.42. The molecule has 0 aliphatic heterocycles. The number of nitriles is 1. The molecule has 0 bridgehead atoms. The van der Waals surface area contributed by atoms with Crippen LogP contribution in [-0.4, -0.2) is 9.38 Å². The van der Waals surface area contributed by atoms with Gasteiger partial charge in [-0.3, -0.25) is 0 Å². The summed E-state index contributed by atoms with van der Waals surface area (Å²) in [4.78, 5) is 4.54. The largest absolute Gasteiger partial charge is 0.485 e. The standard InChI is InChI=1S/C17H15N3O/c1-12-13(2)20-9-5-8-16(17(20)19-12)21-11-15-7-4-3-6-14(15)10-18/h3-9H,11H2,1-2H3. The Bertz CT molecular complexity index is 843. The lowest BCUT2D eigenvalue weighted by atomic mass is 10.1. The van der Waals surface area contributed by atoms with Crippen LogP contribution in [0.15, 0.2) is 42.6 Å². The van der Waals surface area contributed by atoms with Crippen LogP contribution in [0, 0.1) is 25.2 Å². The van der Waals surface area contributed by atoms with E-state index >= 15 is 0 Å². The predicted molar refractivity (Wildman–Crippen MR) is 80.2 cm³/mol. The molecule has 1 aromatic carbocycles. The molecule has 0 radical (unpaired) electrons. The zero-order valence-corrected chi connectivity index (χ0v) is 12.0. The van der Waals surface area contributed by atoms with Crippen LogP contribution in [0.3, 0.4) is 0 Å². The van der Waals surface area contributed by atoms with E-state index in [4.69, 9.17) is 10.00 Å². The maximum Gasteiger partial charge on any atom is 0.180 e. The number of benzene rings is 1. The monoisotopic (exact) mass is 277 g/mol. The molecule has 0 aliphatic rings. The van der Waals surface area contributed by atoms with E-state index in [0.717, 1.165) is 28.3 Å². The minimum Gasteiger partial charge on any atom is -0.485 e. The lowest BCUT2D eigenvalue weighted by Gasteiger charge is -2.08. The van der Waals surface area contributed by atoms with E-state index in [2.05, 4.69) is 11.1 Å². The summed E-state index contributed by atoms with van der Waals surface area (Å²) in [5.74, 6) is 0.724. The smallest absolute Gasteiger partial charge is 0.180 e. The van der Waals surface area contributed by atoms with E-state index in [-0.39, 0.29) is 0 Å². The summed E-state index contributed by atoms with van der Waals surface area (Å²) in [5, 5.41) is 9.11. The second kappa shape index (κ2) is 5.29. The lowest BCUT2D eigenvalue weighted by Crippen LogP contribution is -2.00. The number of aromatic nitrogens is 2. The minimum atomic E-state index is 0.356. The van der Waals surface area contributed by atoms with Gasteiger partial charge in [-0.05, 0) is 32.0 Å². The van der Waals surface area contributed by atoms with Crippen LogP contribution in [0.25, 0.3) is 5.65 Å². The zero-order chi connectivity index (χ0) is 14.8. The Balaban J connectivity index is 1.93. The maximum absolute atomic E-state index is 9.11. The summed E-state index contributed by atoms with van der Waals surface area (Å²) in [6, 6.07) is 13.5. The fourth-order valence-electron chi connectivity index (χ4n) is 2.30. The van der Waals surface area contributed by atoms with Crippen molar-refractivity contribution < 1.29 is 4.74 Å². The molecular formula is C17H15N3O. The van der Waals surface area contributed by atoms with Gasteiger partial charge in [0.25, 0.3) is 0 Å². The highest BCUT2D eigenvalue weighted by atomic mass is 16.5. The van der Waals surface area contributed by atoms with E-state index in [1.807, 2.05) is 54.8 Å². The molecule has 0 atom stereocenters. The normalized spacial score (nSPS) is 10.5. The molecular weight excluding hydrogens is 262 g/mol. The molecule has 0 unspecified atom stereocenters. The van der Waals surface area contributed by atoms with E-state index in [1.54, 1.807) is 6.07 Å². The van der Waals surface area contributed by atoms with Gasteiger partial charge in [0.05, 0.1) is 17.3 Å². The molecule has 3 aromatic rings. The van der Waals surface area contributed by atoms with Crippen LogP contribution < -0.4 is 4.74 Å². The van der Waals surface area contributed by atoms with Crippen LogP contribution >= 0.6 is 0 Å². The Kier molecular flexibility index (Phi) is 3.33. The van der Waals surface area contributed by atoms with Crippen molar-refractivity contribution in [2.45, 2.75) is 20.5 Å². The van der Waals surface area contributed by atoms with Crippen molar-refractivity contribution in [3.05, 3.63) is 65.1 Å². The number of nitrogens with zero attached hydrogens (tertiary/aromatic N) is 3. The molecule has 0 fully saturated rings. The van der Waals surface area contributed by atoms with Gasteiger partial charge in [0.1, 0.15) is 6.61 Å². The van der Waals surface area contributed by atoms with Crippen molar-refractivity contribution in [1.82, 2.24) is 9.38 Å². The number of rotatable bonds is 3. The Hall–Kier alpha value is -2.80. The van der Waals surface area contributed by atoms with Crippen molar-refractivity contribution in [3.8, 4) is 11.8 Å². The average molecular weight is 277 g/mol. The van der Waals surface area contributed by atoms with E-state index in [1.165, 1.54) is 0 Å². The molecule has 4 nitrogen and oxygen atoms in total. The van der Waals surface area contributed by atoms with Gasteiger partial charge in [-0.2, -0.15) is 5.26 Å². The number of imidazole rings is 1. The van der Waals surface area contributed by atoms with Crippen molar-refractivity contribution >= 4 is 5.65 Å². The van der Waals surface area contributed by atoms with Crippen LogP contribution in [0.1, 0.15) is 22.5 Å². The summed E-state index contributed by atoms with van der Waals surface area (Å²) in [6.07, 6.45) is 1.97. The predicted octanol–water partition coefficient (Wildman–Crippen LogP) is 3.40.